The van der Waals surface area contributed by atoms with Crippen LogP contribution in [0.5, 0.6) is 0 Å². The van der Waals surface area contributed by atoms with E-state index in [0.717, 1.165) is 44.6 Å². The van der Waals surface area contributed by atoms with E-state index in [1.165, 1.54) is 47.1 Å². The normalized spacial score (nSPS) is 18.2. The van der Waals surface area contributed by atoms with Crippen LogP contribution in [0.25, 0.3) is 10.9 Å². The molecule has 6 rings (SSSR count). The Morgan fingerprint density at radius 3 is 2.58 bits per heavy atom. The molecule has 1 aliphatic heterocycles. The predicted molar refractivity (Wildman–Crippen MR) is 151 cm³/mol. The molecule has 2 aromatic carbocycles. The quantitative estimate of drug-likeness (QED) is 0.333. The van der Waals surface area contributed by atoms with Crippen LogP contribution in [0.2, 0.25) is 0 Å². The number of anilines is 1. The van der Waals surface area contributed by atoms with Crippen molar-refractivity contribution < 1.29 is 4.79 Å². The molecule has 0 bridgehead atoms. The average molecular weight is 511 g/mol. The summed E-state index contributed by atoms with van der Waals surface area (Å²) in [5.41, 5.74) is 5.94. The van der Waals surface area contributed by atoms with Gasteiger partial charge in [-0.3, -0.25) is 14.2 Å². The molecule has 7 heteroatoms. The highest BCUT2D eigenvalue weighted by molar-refractivity contribution is 5.86. The van der Waals surface area contributed by atoms with Crippen LogP contribution in [0, 0.1) is 0 Å². The first-order valence-corrected chi connectivity index (χ1v) is 14.2. The number of amides is 1. The van der Waals surface area contributed by atoms with Crippen LogP contribution in [0.1, 0.15) is 56.0 Å². The van der Waals surface area contributed by atoms with Crippen molar-refractivity contribution in [1.29, 1.82) is 0 Å². The standard InChI is InChI=1S/C31H38N6O/c1-3-29-28-14-13-26(19-30(28)37(33-29)25-11-8-12-25)34-15-16-36(27(22-34)17-23-9-6-5-7-10-23)31(38)18-24-20-32-35(4-2)21-24/h5-7,9-10,13-14,19-21,25,27H,3-4,8,11-12,15-18,22H2,1-2H3. The van der Waals surface area contributed by atoms with Gasteiger partial charge < -0.3 is 9.80 Å². The van der Waals surface area contributed by atoms with E-state index in [1.54, 1.807) is 0 Å². The zero-order chi connectivity index (χ0) is 26.1. The van der Waals surface area contributed by atoms with Gasteiger partial charge in [-0.25, -0.2) is 0 Å². The van der Waals surface area contributed by atoms with Gasteiger partial charge in [0, 0.05) is 43.4 Å². The van der Waals surface area contributed by atoms with Crippen LogP contribution in [0.3, 0.4) is 0 Å². The molecule has 0 radical (unpaired) electrons. The molecule has 3 heterocycles. The molecule has 1 unspecified atom stereocenters. The van der Waals surface area contributed by atoms with E-state index < -0.39 is 0 Å². The topological polar surface area (TPSA) is 59.2 Å². The number of piperazine rings is 1. The summed E-state index contributed by atoms with van der Waals surface area (Å²) in [6, 6.07) is 18.1. The van der Waals surface area contributed by atoms with Crippen molar-refractivity contribution in [2.24, 2.45) is 0 Å². The summed E-state index contributed by atoms with van der Waals surface area (Å²) in [7, 11) is 0. The van der Waals surface area contributed by atoms with Gasteiger partial charge in [0.25, 0.3) is 0 Å². The van der Waals surface area contributed by atoms with Crippen LogP contribution in [-0.2, 0) is 30.6 Å². The van der Waals surface area contributed by atoms with Crippen molar-refractivity contribution in [1.82, 2.24) is 24.5 Å². The van der Waals surface area contributed by atoms with Gasteiger partial charge in [-0.05, 0) is 68.4 Å². The van der Waals surface area contributed by atoms with Gasteiger partial charge in [0.2, 0.25) is 5.91 Å². The first kappa shape index (κ1) is 24.7. The lowest BCUT2D eigenvalue weighted by atomic mass is 9.93. The third-order valence-electron chi connectivity index (χ3n) is 8.37. The molecular weight excluding hydrogens is 472 g/mol. The van der Waals surface area contributed by atoms with Gasteiger partial charge in [0.05, 0.1) is 35.9 Å². The molecule has 1 saturated carbocycles. The van der Waals surface area contributed by atoms with Gasteiger partial charge >= 0.3 is 0 Å². The molecule has 1 aliphatic carbocycles. The third-order valence-corrected chi connectivity index (χ3v) is 8.37. The molecule has 2 aliphatic rings. The number of aromatic nitrogens is 4. The molecule has 2 fully saturated rings. The van der Waals surface area contributed by atoms with Crippen LogP contribution in [0.15, 0.2) is 60.9 Å². The highest BCUT2D eigenvalue weighted by Crippen LogP contribution is 2.36. The summed E-state index contributed by atoms with van der Waals surface area (Å²) in [6.07, 6.45) is 9.76. The number of aryl methyl sites for hydroxylation is 2. The zero-order valence-corrected chi connectivity index (χ0v) is 22.6. The first-order valence-electron chi connectivity index (χ1n) is 14.2. The molecule has 0 spiro atoms. The number of carbonyl (C=O) groups excluding carboxylic acids is 1. The molecule has 2 aromatic heterocycles. The Balaban J connectivity index is 1.26. The number of fused-ring (bicyclic) bond motifs is 1. The Morgan fingerprint density at radius 2 is 1.87 bits per heavy atom. The van der Waals surface area contributed by atoms with E-state index in [-0.39, 0.29) is 11.9 Å². The number of hydrogen-bond donors (Lipinski definition) is 0. The SMILES string of the molecule is CCc1nn(C2CCC2)c2cc(N3CCN(C(=O)Cc4cnn(CC)c4)C(Cc4ccccc4)C3)ccc12. The molecular formula is C31H38N6O. The summed E-state index contributed by atoms with van der Waals surface area (Å²) >= 11 is 0. The van der Waals surface area contributed by atoms with Gasteiger partial charge in [0.1, 0.15) is 0 Å². The lowest BCUT2D eigenvalue weighted by molar-refractivity contribution is -0.133. The van der Waals surface area contributed by atoms with Crippen molar-refractivity contribution in [2.45, 2.75) is 71.0 Å². The van der Waals surface area contributed by atoms with Crippen molar-refractivity contribution in [3.05, 3.63) is 77.7 Å². The molecule has 1 saturated heterocycles. The zero-order valence-electron chi connectivity index (χ0n) is 22.6. The molecule has 1 atom stereocenters. The molecule has 198 valence electrons. The fourth-order valence-electron chi connectivity index (χ4n) is 5.98. The van der Waals surface area contributed by atoms with Gasteiger partial charge in [-0.2, -0.15) is 10.2 Å². The summed E-state index contributed by atoms with van der Waals surface area (Å²) in [5.74, 6) is 0.187. The average Bonchev–Trinajstić information content (AvgIpc) is 3.52. The second kappa shape index (κ2) is 10.6. The van der Waals surface area contributed by atoms with E-state index in [2.05, 4.69) is 82.0 Å². The Hall–Kier alpha value is -3.61. The van der Waals surface area contributed by atoms with Gasteiger partial charge in [0.15, 0.2) is 0 Å². The Bertz CT molecular complexity index is 1400. The molecule has 1 amide bonds. The Labute approximate surface area is 225 Å². The number of carbonyl (C=O) groups is 1. The number of rotatable bonds is 8. The Kier molecular flexibility index (Phi) is 6.92. The van der Waals surface area contributed by atoms with Crippen LogP contribution in [0.4, 0.5) is 5.69 Å². The predicted octanol–water partition coefficient (Wildman–Crippen LogP) is 5.04. The monoisotopic (exact) mass is 510 g/mol. The maximum absolute atomic E-state index is 13.5. The lowest BCUT2D eigenvalue weighted by Gasteiger charge is -2.43. The second-order valence-corrected chi connectivity index (χ2v) is 10.8. The van der Waals surface area contributed by atoms with Crippen molar-refractivity contribution in [2.75, 3.05) is 24.5 Å². The van der Waals surface area contributed by atoms with Crippen LogP contribution >= 0.6 is 0 Å². The molecule has 0 N–H and O–H groups in total. The number of hydrogen-bond acceptors (Lipinski definition) is 4. The largest absolute Gasteiger partial charge is 0.368 e. The summed E-state index contributed by atoms with van der Waals surface area (Å²) < 4.78 is 4.18. The minimum Gasteiger partial charge on any atom is -0.368 e. The summed E-state index contributed by atoms with van der Waals surface area (Å²) in [4.78, 5) is 18.1. The van der Waals surface area contributed by atoms with Crippen molar-refractivity contribution in [3.8, 4) is 0 Å². The van der Waals surface area contributed by atoms with E-state index >= 15 is 0 Å². The summed E-state index contributed by atoms with van der Waals surface area (Å²) in [5, 5.41) is 10.7. The van der Waals surface area contributed by atoms with Crippen molar-refractivity contribution >= 4 is 22.5 Å². The fraction of sp³-hybridized carbons (Fsp3) is 0.452. The minimum atomic E-state index is 0.110. The van der Waals surface area contributed by atoms with E-state index in [9.17, 15) is 4.79 Å². The first-order chi connectivity index (χ1) is 18.6. The van der Waals surface area contributed by atoms with E-state index in [4.69, 9.17) is 5.10 Å². The highest BCUT2D eigenvalue weighted by Gasteiger charge is 2.31. The maximum Gasteiger partial charge on any atom is 0.227 e. The van der Waals surface area contributed by atoms with Gasteiger partial charge in [-0.15, -0.1) is 0 Å². The number of benzene rings is 2. The highest BCUT2D eigenvalue weighted by atomic mass is 16.2. The Morgan fingerprint density at radius 1 is 1.03 bits per heavy atom. The molecule has 4 aromatic rings. The number of nitrogens with zero attached hydrogens (tertiary/aromatic N) is 6. The third kappa shape index (κ3) is 4.82. The second-order valence-electron chi connectivity index (χ2n) is 10.8. The fourth-order valence-corrected chi connectivity index (χ4v) is 5.98. The minimum absolute atomic E-state index is 0.110. The molecule has 7 nitrogen and oxygen atoms in total. The van der Waals surface area contributed by atoms with E-state index in [1.807, 2.05) is 17.1 Å². The van der Waals surface area contributed by atoms with Crippen LogP contribution in [-0.4, -0.2) is 56.0 Å². The van der Waals surface area contributed by atoms with Crippen LogP contribution < -0.4 is 4.90 Å². The summed E-state index contributed by atoms with van der Waals surface area (Å²) in [6.45, 7) is 7.44. The van der Waals surface area contributed by atoms with Crippen molar-refractivity contribution in [3.63, 3.8) is 0 Å². The molecule has 38 heavy (non-hydrogen) atoms. The van der Waals surface area contributed by atoms with Gasteiger partial charge in [-0.1, -0.05) is 37.3 Å². The van der Waals surface area contributed by atoms with E-state index in [0.29, 0.717) is 12.5 Å². The smallest absolute Gasteiger partial charge is 0.227 e. The lowest BCUT2D eigenvalue weighted by Crippen LogP contribution is -2.56. The maximum atomic E-state index is 13.5.